The molecule has 1 aromatic heterocycles. The van der Waals surface area contributed by atoms with Crippen LogP contribution in [0.1, 0.15) is 50.9 Å². The molecule has 6 nitrogen and oxygen atoms in total. The molecule has 1 atom stereocenters. The van der Waals surface area contributed by atoms with Gasteiger partial charge in [0.05, 0.1) is 0 Å². The summed E-state index contributed by atoms with van der Waals surface area (Å²) in [5.41, 5.74) is 6.51. The Labute approximate surface area is 126 Å². The summed E-state index contributed by atoms with van der Waals surface area (Å²) in [4.78, 5) is 23.0. The van der Waals surface area contributed by atoms with Gasteiger partial charge in [0.1, 0.15) is 23.5 Å². The van der Waals surface area contributed by atoms with Gasteiger partial charge in [-0.2, -0.15) is 0 Å². The minimum absolute atomic E-state index is 0.233. The maximum Gasteiger partial charge on any atom is 0.240 e. The van der Waals surface area contributed by atoms with Crippen LogP contribution in [-0.2, 0) is 4.79 Å². The zero-order chi connectivity index (χ0) is 15.6. The SMILES string of the molecule is CCNc1nc(C(C)C)nc(N2CCCC2C(N)=O)c1C. The minimum atomic E-state index is -0.276. The Morgan fingerprint density at radius 1 is 1.48 bits per heavy atom. The zero-order valence-electron chi connectivity index (χ0n) is 13.3. The number of aromatic nitrogens is 2. The largest absolute Gasteiger partial charge is 0.370 e. The molecule has 1 amide bonds. The fraction of sp³-hybridized carbons (Fsp3) is 0.667. The number of carbonyl (C=O) groups excluding carboxylic acids is 1. The van der Waals surface area contributed by atoms with Gasteiger partial charge in [0.15, 0.2) is 0 Å². The van der Waals surface area contributed by atoms with Gasteiger partial charge in [-0.25, -0.2) is 9.97 Å². The van der Waals surface area contributed by atoms with Crippen molar-refractivity contribution in [2.45, 2.75) is 52.5 Å². The van der Waals surface area contributed by atoms with E-state index in [1.807, 2.05) is 18.7 Å². The van der Waals surface area contributed by atoms with Crippen LogP contribution >= 0.6 is 0 Å². The normalized spacial score (nSPS) is 18.3. The van der Waals surface area contributed by atoms with Crippen LogP contribution in [0.15, 0.2) is 0 Å². The van der Waals surface area contributed by atoms with Crippen LogP contribution in [0.4, 0.5) is 11.6 Å². The van der Waals surface area contributed by atoms with Crippen molar-refractivity contribution in [3.05, 3.63) is 11.4 Å². The number of carbonyl (C=O) groups is 1. The molecule has 116 valence electrons. The lowest BCUT2D eigenvalue weighted by Gasteiger charge is -2.26. The summed E-state index contributed by atoms with van der Waals surface area (Å²) in [6, 6.07) is -0.256. The van der Waals surface area contributed by atoms with Crippen molar-refractivity contribution in [2.75, 3.05) is 23.3 Å². The van der Waals surface area contributed by atoms with E-state index >= 15 is 0 Å². The average Bonchev–Trinajstić information content (AvgIpc) is 2.90. The minimum Gasteiger partial charge on any atom is -0.370 e. The van der Waals surface area contributed by atoms with Gasteiger partial charge in [-0.15, -0.1) is 0 Å². The van der Waals surface area contributed by atoms with E-state index < -0.39 is 0 Å². The first-order valence-corrected chi connectivity index (χ1v) is 7.64. The van der Waals surface area contributed by atoms with Crippen LogP contribution < -0.4 is 16.0 Å². The highest BCUT2D eigenvalue weighted by Crippen LogP contribution is 2.31. The third kappa shape index (κ3) is 3.09. The lowest BCUT2D eigenvalue weighted by Crippen LogP contribution is -2.41. The summed E-state index contributed by atoms with van der Waals surface area (Å²) in [5.74, 6) is 2.44. The highest BCUT2D eigenvalue weighted by Gasteiger charge is 2.32. The number of anilines is 2. The molecule has 1 aromatic rings. The maximum atomic E-state index is 11.6. The molecule has 1 aliphatic rings. The molecule has 0 radical (unpaired) electrons. The molecular weight excluding hydrogens is 266 g/mol. The highest BCUT2D eigenvalue weighted by molar-refractivity contribution is 5.84. The number of rotatable bonds is 5. The Morgan fingerprint density at radius 2 is 2.19 bits per heavy atom. The quantitative estimate of drug-likeness (QED) is 0.864. The number of primary amides is 1. The molecule has 1 unspecified atom stereocenters. The van der Waals surface area contributed by atoms with Crippen molar-refractivity contribution >= 4 is 17.5 Å². The van der Waals surface area contributed by atoms with Crippen LogP contribution in [0, 0.1) is 6.92 Å². The average molecular weight is 291 g/mol. The van der Waals surface area contributed by atoms with Crippen molar-refractivity contribution in [1.29, 1.82) is 0 Å². The summed E-state index contributed by atoms with van der Waals surface area (Å²) < 4.78 is 0. The predicted octanol–water partition coefficient (Wildman–Crippen LogP) is 1.79. The van der Waals surface area contributed by atoms with E-state index in [0.717, 1.165) is 49.0 Å². The third-order valence-electron chi connectivity index (χ3n) is 3.85. The Bertz CT molecular complexity index is 529. The number of nitrogens with two attached hydrogens (primary N) is 1. The Kier molecular flexibility index (Phi) is 4.65. The highest BCUT2D eigenvalue weighted by atomic mass is 16.1. The van der Waals surface area contributed by atoms with Gasteiger partial charge in [0, 0.05) is 24.6 Å². The van der Waals surface area contributed by atoms with Gasteiger partial charge < -0.3 is 16.0 Å². The van der Waals surface area contributed by atoms with Crippen LogP contribution in [-0.4, -0.2) is 35.0 Å². The monoisotopic (exact) mass is 291 g/mol. The van der Waals surface area contributed by atoms with E-state index in [1.54, 1.807) is 0 Å². The van der Waals surface area contributed by atoms with Gasteiger partial charge in [-0.1, -0.05) is 13.8 Å². The summed E-state index contributed by atoms with van der Waals surface area (Å²) in [6.07, 6.45) is 1.76. The van der Waals surface area contributed by atoms with Gasteiger partial charge >= 0.3 is 0 Å². The first-order chi connectivity index (χ1) is 9.95. The van der Waals surface area contributed by atoms with Crippen LogP contribution in [0.2, 0.25) is 0 Å². The van der Waals surface area contributed by atoms with Crippen molar-refractivity contribution in [1.82, 2.24) is 9.97 Å². The van der Waals surface area contributed by atoms with E-state index in [1.165, 1.54) is 0 Å². The zero-order valence-corrected chi connectivity index (χ0v) is 13.3. The Balaban J connectivity index is 2.48. The first kappa shape index (κ1) is 15.5. The first-order valence-electron chi connectivity index (χ1n) is 7.64. The molecule has 2 heterocycles. The van der Waals surface area contributed by atoms with Gasteiger partial charge in [0.2, 0.25) is 5.91 Å². The topological polar surface area (TPSA) is 84.1 Å². The molecular formula is C15H25N5O. The molecule has 0 spiro atoms. The molecule has 0 aromatic carbocycles. The molecule has 1 saturated heterocycles. The molecule has 0 saturated carbocycles. The van der Waals surface area contributed by atoms with Gasteiger partial charge in [-0.3, -0.25) is 4.79 Å². The molecule has 0 aliphatic carbocycles. The number of nitrogens with zero attached hydrogens (tertiary/aromatic N) is 3. The third-order valence-corrected chi connectivity index (χ3v) is 3.85. The number of hydrogen-bond acceptors (Lipinski definition) is 5. The fourth-order valence-electron chi connectivity index (χ4n) is 2.72. The second-order valence-electron chi connectivity index (χ2n) is 5.82. The lowest BCUT2D eigenvalue weighted by atomic mass is 10.1. The van der Waals surface area contributed by atoms with E-state index in [9.17, 15) is 4.79 Å². The van der Waals surface area contributed by atoms with E-state index in [4.69, 9.17) is 10.7 Å². The Morgan fingerprint density at radius 3 is 2.76 bits per heavy atom. The second kappa shape index (κ2) is 6.28. The van der Waals surface area contributed by atoms with E-state index in [0.29, 0.717) is 0 Å². The fourth-order valence-corrected chi connectivity index (χ4v) is 2.72. The molecule has 1 fully saturated rings. The molecule has 0 bridgehead atoms. The predicted molar refractivity (Wildman–Crippen MR) is 84.6 cm³/mol. The van der Waals surface area contributed by atoms with Gasteiger partial charge in [-0.05, 0) is 26.7 Å². The number of amides is 1. The summed E-state index contributed by atoms with van der Waals surface area (Å²) >= 11 is 0. The molecule has 1 aliphatic heterocycles. The summed E-state index contributed by atoms with van der Waals surface area (Å²) in [6.45, 7) is 9.79. The van der Waals surface area contributed by atoms with E-state index in [-0.39, 0.29) is 17.9 Å². The van der Waals surface area contributed by atoms with Crippen molar-refractivity contribution in [3.63, 3.8) is 0 Å². The van der Waals surface area contributed by atoms with Crippen LogP contribution in [0.5, 0.6) is 0 Å². The Hall–Kier alpha value is -1.85. The molecule has 2 rings (SSSR count). The molecule has 3 N–H and O–H groups in total. The maximum absolute atomic E-state index is 11.6. The number of nitrogens with one attached hydrogen (secondary N) is 1. The summed E-state index contributed by atoms with van der Waals surface area (Å²) in [7, 11) is 0. The van der Waals surface area contributed by atoms with Crippen molar-refractivity contribution < 1.29 is 4.79 Å². The van der Waals surface area contributed by atoms with E-state index in [2.05, 4.69) is 24.1 Å². The van der Waals surface area contributed by atoms with Gasteiger partial charge in [0.25, 0.3) is 0 Å². The number of hydrogen-bond donors (Lipinski definition) is 2. The molecule has 6 heteroatoms. The summed E-state index contributed by atoms with van der Waals surface area (Å²) in [5, 5.41) is 3.29. The standard InChI is InChI=1S/C15H25N5O/c1-5-17-14-10(4)15(19-13(18-14)9(2)3)20-8-6-7-11(20)12(16)21/h9,11H,5-8H2,1-4H3,(H2,16,21)(H,17,18,19). The van der Waals surface area contributed by atoms with Crippen LogP contribution in [0.25, 0.3) is 0 Å². The van der Waals surface area contributed by atoms with Crippen LogP contribution in [0.3, 0.4) is 0 Å². The lowest BCUT2D eigenvalue weighted by molar-refractivity contribution is -0.119. The van der Waals surface area contributed by atoms with Crippen molar-refractivity contribution in [2.24, 2.45) is 5.73 Å². The van der Waals surface area contributed by atoms with Crippen molar-refractivity contribution in [3.8, 4) is 0 Å². The smallest absolute Gasteiger partial charge is 0.240 e. The second-order valence-corrected chi connectivity index (χ2v) is 5.82. The molecule has 21 heavy (non-hydrogen) atoms.